The monoisotopic (exact) mass is 431 g/mol. The normalized spacial score (nSPS) is 13.0. The Kier molecular flexibility index (Phi) is 5.50. The maximum atomic E-state index is 14.3. The van der Waals surface area contributed by atoms with Crippen LogP contribution in [0, 0.1) is 5.82 Å². The zero-order valence-electron chi connectivity index (χ0n) is 15.1. The van der Waals surface area contributed by atoms with E-state index < -0.39 is 47.4 Å². The van der Waals surface area contributed by atoms with Crippen LogP contribution >= 0.6 is 11.6 Å². The number of aromatic nitrogens is 3. The minimum atomic E-state index is -4.88. The van der Waals surface area contributed by atoms with E-state index in [0.29, 0.717) is 4.68 Å². The molecule has 2 aromatic heterocycles. The first kappa shape index (κ1) is 21.0. The van der Waals surface area contributed by atoms with Gasteiger partial charge in [-0.05, 0) is 26.0 Å². The molecule has 3 aromatic rings. The third-order valence-electron chi connectivity index (χ3n) is 4.03. The van der Waals surface area contributed by atoms with Crippen molar-refractivity contribution in [2.75, 3.05) is 0 Å². The summed E-state index contributed by atoms with van der Waals surface area (Å²) in [7, 11) is 0. The third-order valence-corrected chi connectivity index (χ3v) is 4.35. The van der Waals surface area contributed by atoms with E-state index in [1.165, 1.54) is 19.1 Å². The zero-order valence-corrected chi connectivity index (χ0v) is 15.8. The van der Waals surface area contributed by atoms with Gasteiger partial charge in [-0.3, -0.25) is 9.48 Å². The average Bonchev–Trinajstić information content (AvgIpc) is 3.17. The molecular formula is C18H14ClF4N3O3. The molecule has 0 amide bonds. The fourth-order valence-corrected chi connectivity index (χ4v) is 3.19. The topological polar surface area (TPSA) is 81.2 Å². The Bertz CT molecular complexity index is 1050. The van der Waals surface area contributed by atoms with E-state index in [1.54, 1.807) is 0 Å². The molecule has 0 radical (unpaired) electrons. The van der Waals surface area contributed by atoms with Crippen molar-refractivity contribution in [1.29, 1.82) is 0 Å². The summed E-state index contributed by atoms with van der Waals surface area (Å²) in [6.45, 7) is 1.95. The highest BCUT2D eigenvalue weighted by atomic mass is 35.5. The van der Waals surface area contributed by atoms with Crippen LogP contribution < -0.4 is 0 Å². The Morgan fingerprint density at radius 1 is 1.38 bits per heavy atom. The van der Waals surface area contributed by atoms with Crippen LogP contribution in [0.1, 0.15) is 29.9 Å². The molecule has 0 spiro atoms. The van der Waals surface area contributed by atoms with Crippen LogP contribution in [0.25, 0.3) is 22.6 Å². The number of hydrogen-bond donors (Lipinski definition) is 1. The number of carbonyl (C=O) groups is 1. The standard InChI is InChI=1S/C18H14ClF4N3O3/c1-8(27)7-26-17(18(21,22)23)10(6-24-26)16-13(9(2)28)15(25-29-16)14-11(19)4-3-5-12(14)20/h3-6,8,27H,7H2,1-2H3. The van der Waals surface area contributed by atoms with Crippen LogP contribution in [-0.4, -0.2) is 31.9 Å². The summed E-state index contributed by atoms with van der Waals surface area (Å²) in [5.41, 5.74) is -2.73. The van der Waals surface area contributed by atoms with Gasteiger partial charge in [-0.1, -0.05) is 22.8 Å². The summed E-state index contributed by atoms with van der Waals surface area (Å²) in [5.74, 6) is -2.04. The van der Waals surface area contributed by atoms with E-state index in [0.717, 1.165) is 19.2 Å². The first-order chi connectivity index (χ1) is 13.5. The maximum absolute atomic E-state index is 14.3. The molecule has 0 saturated carbocycles. The highest BCUT2D eigenvalue weighted by Gasteiger charge is 2.41. The van der Waals surface area contributed by atoms with Crippen LogP contribution in [0.5, 0.6) is 0 Å². The van der Waals surface area contributed by atoms with Gasteiger partial charge in [-0.15, -0.1) is 0 Å². The van der Waals surface area contributed by atoms with Gasteiger partial charge >= 0.3 is 6.18 Å². The van der Waals surface area contributed by atoms with E-state index >= 15 is 0 Å². The quantitative estimate of drug-likeness (QED) is 0.471. The van der Waals surface area contributed by atoms with E-state index in [1.807, 2.05) is 0 Å². The van der Waals surface area contributed by atoms with Crippen LogP contribution in [0.15, 0.2) is 28.9 Å². The molecule has 0 aliphatic carbocycles. The number of nitrogens with zero attached hydrogens (tertiary/aromatic N) is 3. The molecule has 0 bridgehead atoms. The van der Waals surface area contributed by atoms with Crippen molar-refractivity contribution >= 4 is 17.4 Å². The van der Waals surface area contributed by atoms with Gasteiger partial charge < -0.3 is 9.63 Å². The SMILES string of the molecule is CC(=O)c1c(-c2c(F)cccc2Cl)noc1-c1cnn(CC(C)O)c1C(F)(F)F. The molecule has 1 N–H and O–H groups in total. The summed E-state index contributed by atoms with van der Waals surface area (Å²) in [4.78, 5) is 12.2. The molecule has 154 valence electrons. The number of ketones is 1. The fraction of sp³-hybridized carbons (Fsp3) is 0.278. The van der Waals surface area contributed by atoms with Gasteiger partial charge in [0, 0.05) is 0 Å². The van der Waals surface area contributed by atoms with E-state index in [2.05, 4.69) is 10.3 Å². The number of benzene rings is 1. The van der Waals surface area contributed by atoms with Crippen LogP contribution in [0.2, 0.25) is 5.02 Å². The molecule has 6 nitrogen and oxygen atoms in total. The molecule has 1 aromatic carbocycles. The minimum Gasteiger partial charge on any atom is -0.391 e. The largest absolute Gasteiger partial charge is 0.433 e. The lowest BCUT2D eigenvalue weighted by molar-refractivity contribution is -0.144. The first-order valence-corrected chi connectivity index (χ1v) is 8.66. The van der Waals surface area contributed by atoms with Gasteiger partial charge in [-0.25, -0.2) is 4.39 Å². The summed E-state index contributed by atoms with van der Waals surface area (Å²) < 4.78 is 61.0. The predicted octanol–water partition coefficient (Wildman–Crippen LogP) is 4.60. The van der Waals surface area contributed by atoms with Gasteiger partial charge in [0.1, 0.15) is 11.5 Å². The number of alkyl halides is 3. The Balaban J connectivity index is 2.28. The van der Waals surface area contributed by atoms with Crippen molar-refractivity contribution in [3.05, 3.63) is 46.5 Å². The summed E-state index contributed by atoms with van der Waals surface area (Å²) in [6, 6.07) is 3.75. The second-order valence-corrected chi connectivity index (χ2v) is 6.73. The van der Waals surface area contributed by atoms with Crippen molar-refractivity contribution in [2.45, 2.75) is 32.7 Å². The first-order valence-electron chi connectivity index (χ1n) is 8.28. The number of aliphatic hydroxyl groups is 1. The number of halogens is 5. The number of aliphatic hydroxyl groups excluding tert-OH is 1. The van der Waals surface area contributed by atoms with Crippen LogP contribution in [0.3, 0.4) is 0 Å². The molecule has 0 aliphatic rings. The summed E-state index contributed by atoms with van der Waals surface area (Å²) in [6.07, 6.45) is -5.14. The molecule has 0 saturated heterocycles. The van der Waals surface area contributed by atoms with E-state index in [-0.39, 0.29) is 21.8 Å². The van der Waals surface area contributed by atoms with Gasteiger partial charge in [0.25, 0.3) is 0 Å². The maximum Gasteiger partial charge on any atom is 0.433 e. The highest BCUT2D eigenvalue weighted by Crippen LogP contribution is 2.42. The molecule has 0 fully saturated rings. The van der Waals surface area contributed by atoms with Crippen molar-refractivity contribution in [3.63, 3.8) is 0 Å². The van der Waals surface area contributed by atoms with Gasteiger partial charge in [0.05, 0.1) is 40.6 Å². The van der Waals surface area contributed by atoms with E-state index in [9.17, 15) is 27.5 Å². The van der Waals surface area contributed by atoms with Gasteiger partial charge in [0.15, 0.2) is 17.2 Å². The lowest BCUT2D eigenvalue weighted by Crippen LogP contribution is -2.21. The number of Topliss-reactive ketones (excluding diaryl/α,β-unsaturated/α-hetero) is 1. The molecule has 1 unspecified atom stereocenters. The van der Waals surface area contributed by atoms with Crippen molar-refractivity contribution in [1.82, 2.24) is 14.9 Å². The Labute approximate surface area is 166 Å². The number of carbonyl (C=O) groups excluding carboxylic acids is 1. The Morgan fingerprint density at radius 3 is 2.62 bits per heavy atom. The van der Waals surface area contributed by atoms with Crippen molar-refractivity contribution in [2.24, 2.45) is 0 Å². The smallest absolute Gasteiger partial charge is 0.391 e. The second-order valence-electron chi connectivity index (χ2n) is 6.32. The summed E-state index contributed by atoms with van der Waals surface area (Å²) >= 11 is 6.00. The number of rotatable bonds is 5. The molecule has 2 heterocycles. The van der Waals surface area contributed by atoms with Gasteiger partial charge in [0.2, 0.25) is 0 Å². The molecule has 0 aliphatic heterocycles. The lowest BCUT2D eigenvalue weighted by atomic mass is 9.99. The fourth-order valence-electron chi connectivity index (χ4n) is 2.93. The predicted molar refractivity (Wildman–Crippen MR) is 94.8 cm³/mol. The van der Waals surface area contributed by atoms with Crippen LogP contribution in [0.4, 0.5) is 17.6 Å². The number of hydrogen-bond acceptors (Lipinski definition) is 5. The molecule has 1 atom stereocenters. The average molecular weight is 432 g/mol. The highest BCUT2D eigenvalue weighted by molar-refractivity contribution is 6.33. The van der Waals surface area contributed by atoms with Crippen LogP contribution in [-0.2, 0) is 12.7 Å². The zero-order chi connectivity index (χ0) is 21.5. The lowest BCUT2D eigenvalue weighted by Gasteiger charge is -2.13. The Morgan fingerprint density at radius 2 is 2.07 bits per heavy atom. The molecule has 11 heteroatoms. The molecule has 29 heavy (non-hydrogen) atoms. The summed E-state index contributed by atoms with van der Waals surface area (Å²) in [5, 5.41) is 16.6. The molecule has 3 rings (SSSR count). The molecular weight excluding hydrogens is 418 g/mol. The van der Waals surface area contributed by atoms with Gasteiger partial charge in [-0.2, -0.15) is 18.3 Å². The third kappa shape index (κ3) is 3.90. The second kappa shape index (κ2) is 7.60. The Hall–Kier alpha value is -2.72. The van der Waals surface area contributed by atoms with Crippen molar-refractivity contribution < 1.29 is 32.0 Å². The van der Waals surface area contributed by atoms with E-state index in [4.69, 9.17) is 16.1 Å². The minimum absolute atomic E-state index is 0.0896. The van der Waals surface area contributed by atoms with Crippen molar-refractivity contribution in [3.8, 4) is 22.6 Å².